The van der Waals surface area contributed by atoms with E-state index in [9.17, 15) is 4.79 Å². The van der Waals surface area contributed by atoms with E-state index in [1.165, 1.54) is 0 Å². The molecule has 0 bridgehead atoms. The van der Waals surface area contributed by atoms with E-state index in [1.54, 1.807) is 33.3 Å². The minimum atomic E-state index is -0.345. The van der Waals surface area contributed by atoms with E-state index in [-0.39, 0.29) is 12.1 Å². The van der Waals surface area contributed by atoms with Gasteiger partial charge in [-0.25, -0.2) is 4.79 Å². The zero-order valence-corrected chi connectivity index (χ0v) is 10.4. The predicted molar refractivity (Wildman–Crippen MR) is 63.9 cm³/mol. The average Bonchev–Trinajstić information content (AvgIpc) is 2.30. The van der Waals surface area contributed by atoms with Crippen LogP contribution in [0.1, 0.15) is 22.8 Å². The molecule has 0 aromatic heterocycles. The van der Waals surface area contributed by atoms with E-state index in [1.807, 2.05) is 12.1 Å². The molecule has 0 spiro atoms. The van der Waals surface area contributed by atoms with Crippen molar-refractivity contribution in [3.8, 4) is 0 Å². The van der Waals surface area contributed by atoms with Crippen LogP contribution in [0.4, 0.5) is 0 Å². The van der Waals surface area contributed by atoms with Crippen LogP contribution in [0.2, 0.25) is 0 Å². The van der Waals surface area contributed by atoms with E-state index < -0.39 is 0 Å². The summed E-state index contributed by atoms with van der Waals surface area (Å²) in [4.78, 5) is 11.9. The quantitative estimate of drug-likeness (QED) is 0.711. The van der Waals surface area contributed by atoms with Crippen LogP contribution < -0.4 is 0 Å². The van der Waals surface area contributed by atoms with Crippen molar-refractivity contribution in [2.75, 3.05) is 20.8 Å². The lowest BCUT2D eigenvalue weighted by molar-refractivity contribution is 0.0117. The van der Waals surface area contributed by atoms with Crippen LogP contribution in [0.25, 0.3) is 0 Å². The van der Waals surface area contributed by atoms with Crippen molar-refractivity contribution in [2.45, 2.75) is 19.6 Å². The first-order valence-corrected chi connectivity index (χ1v) is 5.45. The zero-order valence-electron chi connectivity index (χ0n) is 10.4. The molecule has 94 valence electrons. The van der Waals surface area contributed by atoms with Crippen LogP contribution in [0.15, 0.2) is 24.3 Å². The highest BCUT2D eigenvalue weighted by atomic mass is 16.6. The van der Waals surface area contributed by atoms with Gasteiger partial charge in [-0.2, -0.15) is 0 Å². The molecule has 0 fully saturated rings. The molecule has 17 heavy (non-hydrogen) atoms. The normalized spacial score (nSPS) is 12.2. The maximum atomic E-state index is 11.9. The number of esters is 1. The van der Waals surface area contributed by atoms with Gasteiger partial charge in [0.05, 0.1) is 18.8 Å². The average molecular weight is 238 g/mol. The summed E-state index contributed by atoms with van der Waals surface area (Å²) < 4.78 is 15.2. The summed E-state index contributed by atoms with van der Waals surface area (Å²) in [5, 5.41) is 0. The number of methoxy groups -OCH3 is 2. The Labute approximate surface area is 101 Å². The van der Waals surface area contributed by atoms with E-state index >= 15 is 0 Å². The van der Waals surface area contributed by atoms with Gasteiger partial charge in [-0.1, -0.05) is 18.2 Å². The summed E-state index contributed by atoms with van der Waals surface area (Å²) in [6.07, 6.45) is -0.261. The Morgan fingerprint density at radius 3 is 2.59 bits per heavy atom. The lowest BCUT2D eigenvalue weighted by atomic mass is 10.1. The van der Waals surface area contributed by atoms with Crippen molar-refractivity contribution in [3.63, 3.8) is 0 Å². The highest BCUT2D eigenvalue weighted by Gasteiger charge is 2.15. The third kappa shape index (κ3) is 4.17. The Morgan fingerprint density at radius 2 is 1.94 bits per heavy atom. The molecule has 0 aliphatic heterocycles. The SMILES string of the molecule is COCc1ccccc1C(=O)O[C@@H](C)COC. The highest BCUT2D eigenvalue weighted by molar-refractivity contribution is 5.91. The summed E-state index contributed by atoms with van der Waals surface area (Å²) in [7, 11) is 3.17. The molecule has 0 saturated carbocycles. The van der Waals surface area contributed by atoms with Crippen molar-refractivity contribution in [3.05, 3.63) is 35.4 Å². The van der Waals surface area contributed by atoms with Crippen molar-refractivity contribution in [1.29, 1.82) is 0 Å². The third-order valence-electron chi connectivity index (χ3n) is 2.25. The Bertz CT molecular complexity index is 362. The summed E-state index contributed by atoms with van der Waals surface area (Å²) in [5.41, 5.74) is 1.36. The Morgan fingerprint density at radius 1 is 1.24 bits per heavy atom. The smallest absolute Gasteiger partial charge is 0.338 e. The summed E-state index contributed by atoms with van der Waals surface area (Å²) in [5.74, 6) is -0.345. The number of ether oxygens (including phenoxy) is 3. The molecule has 0 aliphatic rings. The number of hydrogen-bond donors (Lipinski definition) is 0. The second-order valence-electron chi connectivity index (χ2n) is 3.76. The molecule has 0 N–H and O–H groups in total. The van der Waals surface area contributed by atoms with Gasteiger partial charge >= 0.3 is 5.97 Å². The summed E-state index contributed by atoms with van der Waals surface area (Å²) in [6.45, 7) is 2.57. The highest BCUT2D eigenvalue weighted by Crippen LogP contribution is 2.12. The number of carbonyl (C=O) groups is 1. The van der Waals surface area contributed by atoms with Crippen molar-refractivity contribution in [2.24, 2.45) is 0 Å². The van der Waals surface area contributed by atoms with Gasteiger partial charge in [0.1, 0.15) is 6.10 Å². The molecule has 4 nitrogen and oxygen atoms in total. The largest absolute Gasteiger partial charge is 0.457 e. The fourth-order valence-electron chi connectivity index (χ4n) is 1.52. The Balaban J connectivity index is 2.74. The van der Waals surface area contributed by atoms with Crippen LogP contribution in [-0.4, -0.2) is 32.9 Å². The second-order valence-corrected chi connectivity index (χ2v) is 3.76. The molecule has 0 unspecified atom stereocenters. The maximum Gasteiger partial charge on any atom is 0.338 e. The van der Waals surface area contributed by atoms with Gasteiger partial charge in [-0.05, 0) is 18.6 Å². The van der Waals surface area contributed by atoms with Crippen molar-refractivity contribution in [1.82, 2.24) is 0 Å². The van der Waals surface area contributed by atoms with E-state index in [2.05, 4.69) is 0 Å². The number of carbonyl (C=O) groups excluding carboxylic acids is 1. The first-order chi connectivity index (χ1) is 8.19. The van der Waals surface area contributed by atoms with Crippen molar-refractivity contribution >= 4 is 5.97 Å². The van der Waals surface area contributed by atoms with Gasteiger partial charge in [0.2, 0.25) is 0 Å². The molecule has 4 heteroatoms. The molecule has 0 heterocycles. The van der Waals surface area contributed by atoms with Gasteiger partial charge < -0.3 is 14.2 Å². The zero-order chi connectivity index (χ0) is 12.7. The Hall–Kier alpha value is -1.39. The molecular weight excluding hydrogens is 220 g/mol. The molecule has 0 saturated heterocycles. The van der Waals surface area contributed by atoms with Crippen molar-refractivity contribution < 1.29 is 19.0 Å². The molecule has 1 rings (SSSR count). The molecular formula is C13H18O4. The molecule has 0 aliphatic carbocycles. The molecule has 1 atom stereocenters. The first-order valence-electron chi connectivity index (χ1n) is 5.45. The molecule has 0 amide bonds. The summed E-state index contributed by atoms with van der Waals surface area (Å²) >= 11 is 0. The van der Waals surface area contributed by atoms with E-state index in [0.717, 1.165) is 5.56 Å². The van der Waals surface area contributed by atoms with Gasteiger partial charge in [0.15, 0.2) is 0 Å². The lowest BCUT2D eigenvalue weighted by Crippen LogP contribution is -2.20. The van der Waals surface area contributed by atoms with Crippen LogP contribution in [0.3, 0.4) is 0 Å². The second kappa shape index (κ2) is 7.04. The first kappa shape index (κ1) is 13.7. The molecule has 1 aromatic carbocycles. The number of hydrogen-bond acceptors (Lipinski definition) is 4. The maximum absolute atomic E-state index is 11.9. The minimum absolute atomic E-state index is 0.261. The molecule has 1 aromatic rings. The fraction of sp³-hybridized carbons (Fsp3) is 0.462. The Kier molecular flexibility index (Phi) is 5.66. The third-order valence-corrected chi connectivity index (χ3v) is 2.25. The van der Waals surface area contributed by atoms with Gasteiger partial charge in [-0.3, -0.25) is 0 Å². The van der Waals surface area contributed by atoms with Crippen LogP contribution in [-0.2, 0) is 20.8 Å². The standard InChI is InChI=1S/C13H18O4/c1-10(8-15-2)17-13(14)12-7-5-4-6-11(12)9-16-3/h4-7,10H,8-9H2,1-3H3/t10-/m0/s1. The lowest BCUT2D eigenvalue weighted by Gasteiger charge is -2.13. The van der Waals surface area contributed by atoms with Crippen LogP contribution in [0.5, 0.6) is 0 Å². The van der Waals surface area contributed by atoms with Crippen LogP contribution in [0, 0.1) is 0 Å². The van der Waals surface area contributed by atoms with Crippen LogP contribution >= 0.6 is 0 Å². The number of rotatable bonds is 6. The number of benzene rings is 1. The topological polar surface area (TPSA) is 44.8 Å². The minimum Gasteiger partial charge on any atom is -0.457 e. The fourth-order valence-corrected chi connectivity index (χ4v) is 1.52. The van der Waals surface area contributed by atoms with Gasteiger partial charge in [0, 0.05) is 14.2 Å². The van der Waals surface area contributed by atoms with Gasteiger partial charge in [0.25, 0.3) is 0 Å². The monoisotopic (exact) mass is 238 g/mol. The van der Waals surface area contributed by atoms with E-state index in [4.69, 9.17) is 14.2 Å². The van der Waals surface area contributed by atoms with Gasteiger partial charge in [-0.15, -0.1) is 0 Å². The predicted octanol–water partition coefficient (Wildman–Crippen LogP) is 2.02. The van der Waals surface area contributed by atoms with E-state index in [0.29, 0.717) is 18.8 Å². The summed E-state index contributed by atoms with van der Waals surface area (Å²) in [6, 6.07) is 7.25. The molecule has 0 radical (unpaired) electrons.